The largest absolute Gasteiger partial charge is 0.490 e. The van der Waals surface area contributed by atoms with Gasteiger partial charge in [-0.05, 0) is 36.8 Å². The van der Waals surface area contributed by atoms with E-state index in [1.54, 1.807) is 24.3 Å². The third kappa shape index (κ3) is 3.98. The Morgan fingerprint density at radius 1 is 1.14 bits per heavy atom. The molecule has 21 heavy (non-hydrogen) atoms. The van der Waals surface area contributed by atoms with Gasteiger partial charge >= 0.3 is 5.97 Å². The second kappa shape index (κ2) is 7.13. The quantitative estimate of drug-likeness (QED) is 0.818. The summed E-state index contributed by atoms with van der Waals surface area (Å²) in [5.74, 6) is 0.325. The van der Waals surface area contributed by atoms with Crippen LogP contribution in [0.15, 0.2) is 46.9 Å². The second-order valence-electron chi connectivity index (χ2n) is 4.34. The van der Waals surface area contributed by atoms with E-state index in [9.17, 15) is 9.90 Å². The van der Waals surface area contributed by atoms with Crippen LogP contribution < -0.4 is 9.47 Å². The molecule has 0 aliphatic carbocycles. The molecule has 0 saturated heterocycles. The molecule has 0 fully saturated rings. The SMILES string of the molecule is CCCOc1ccccc1Oc1ccc(Br)cc1C(=O)O. The van der Waals surface area contributed by atoms with Crippen LogP contribution in [0.5, 0.6) is 17.2 Å². The molecule has 0 aromatic heterocycles. The first-order chi connectivity index (χ1) is 10.1. The van der Waals surface area contributed by atoms with E-state index < -0.39 is 5.97 Å². The third-order valence-electron chi connectivity index (χ3n) is 2.70. The van der Waals surface area contributed by atoms with Gasteiger partial charge in [-0.1, -0.05) is 35.0 Å². The number of aromatic carboxylic acids is 1. The lowest BCUT2D eigenvalue weighted by Gasteiger charge is -2.13. The fourth-order valence-electron chi connectivity index (χ4n) is 1.74. The average molecular weight is 351 g/mol. The molecule has 5 heteroatoms. The standard InChI is InChI=1S/C16H15BrO4/c1-2-9-20-14-5-3-4-6-15(14)21-13-8-7-11(17)10-12(13)16(18)19/h3-8,10H,2,9H2,1H3,(H,18,19). The van der Waals surface area contributed by atoms with Crippen LogP contribution in [-0.2, 0) is 0 Å². The van der Waals surface area contributed by atoms with Gasteiger partial charge in [-0.2, -0.15) is 0 Å². The Hall–Kier alpha value is -2.01. The maximum Gasteiger partial charge on any atom is 0.339 e. The van der Waals surface area contributed by atoms with Gasteiger partial charge in [0.2, 0.25) is 0 Å². The van der Waals surface area contributed by atoms with E-state index in [0.717, 1.165) is 6.42 Å². The number of rotatable bonds is 6. The Bertz CT molecular complexity index is 640. The van der Waals surface area contributed by atoms with E-state index in [-0.39, 0.29) is 11.3 Å². The summed E-state index contributed by atoms with van der Waals surface area (Å²) in [7, 11) is 0. The number of carbonyl (C=O) groups is 1. The van der Waals surface area contributed by atoms with E-state index in [1.165, 1.54) is 6.07 Å². The maximum absolute atomic E-state index is 11.3. The molecule has 0 spiro atoms. The van der Waals surface area contributed by atoms with Gasteiger partial charge < -0.3 is 14.6 Å². The third-order valence-corrected chi connectivity index (χ3v) is 3.20. The van der Waals surface area contributed by atoms with Gasteiger partial charge in [0.05, 0.1) is 6.61 Å². The molecular weight excluding hydrogens is 336 g/mol. The van der Waals surface area contributed by atoms with Crippen LogP contribution in [0.2, 0.25) is 0 Å². The van der Waals surface area contributed by atoms with Crippen molar-refractivity contribution >= 4 is 21.9 Å². The molecule has 2 aromatic carbocycles. The van der Waals surface area contributed by atoms with Gasteiger partial charge in [-0.3, -0.25) is 0 Å². The van der Waals surface area contributed by atoms with Gasteiger partial charge in [-0.15, -0.1) is 0 Å². The van der Waals surface area contributed by atoms with Gasteiger partial charge in [0.25, 0.3) is 0 Å². The lowest BCUT2D eigenvalue weighted by Crippen LogP contribution is -2.01. The van der Waals surface area contributed by atoms with Gasteiger partial charge in [0.1, 0.15) is 11.3 Å². The summed E-state index contributed by atoms with van der Waals surface area (Å²) < 4.78 is 12.0. The summed E-state index contributed by atoms with van der Waals surface area (Å²) in [6.07, 6.45) is 0.882. The lowest BCUT2D eigenvalue weighted by atomic mass is 10.2. The van der Waals surface area contributed by atoms with Gasteiger partial charge in [-0.25, -0.2) is 4.79 Å². The normalized spacial score (nSPS) is 10.2. The topological polar surface area (TPSA) is 55.8 Å². The second-order valence-corrected chi connectivity index (χ2v) is 5.26. The van der Waals surface area contributed by atoms with E-state index in [4.69, 9.17) is 9.47 Å². The molecule has 0 saturated carbocycles. The van der Waals surface area contributed by atoms with Gasteiger partial charge in [0, 0.05) is 4.47 Å². The summed E-state index contributed by atoms with van der Waals surface area (Å²) >= 11 is 3.26. The van der Waals surface area contributed by atoms with E-state index in [2.05, 4.69) is 15.9 Å². The van der Waals surface area contributed by atoms with E-state index >= 15 is 0 Å². The summed E-state index contributed by atoms with van der Waals surface area (Å²) in [4.78, 5) is 11.3. The summed E-state index contributed by atoms with van der Waals surface area (Å²) in [6.45, 7) is 2.59. The first kappa shape index (κ1) is 15.4. The Labute approximate surface area is 131 Å². The molecule has 2 rings (SSSR count). The van der Waals surface area contributed by atoms with Crippen molar-refractivity contribution in [1.29, 1.82) is 0 Å². The van der Waals surface area contributed by atoms with Crippen molar-refractivity contribution < 1.29 is 19.4 Å². The molecular formula is C16H15BrO4. The Morgan fingerprint density at radius 3 is 2.52 bits per heavy atom. The molecule has 0 bridgehead atoms. The minimum atomic E-state index is -1.04. The molecule has 2 aromatic rings. The number of hydrogen-bond acceptors (Lipinski definition) is 3. The van der Waals surface area contributed by atoms with Crippen LogP contribution in [0.4, 0.5) is 0 Å². The fraction of sp³-hybridized carbons (Fsp3) is 0.188. The highest BCUT2D eigenvalue weighted by molar-refractivity contribution is 9.10. The molecule has 0 heterocycles. The number of para-hydroxylation sites is 2. The first-order valence-electron chi connectivity index (χ1n) is 6.54. The van der Waals surface area contributed by atoms with Crippen molar-refractivity contribution in [2.75, 3.05) is 6.61 Å². The van der Waals surface area contributed by atoms with Crippen LogP contribution >= 0.6 is 15.9 Å². The average Bonchev–Trinajstić information content (AvgIpc) is 2.48. The summed E-state index contributed by atoms with van der Waals surface area (Å²) in [5, 5.41) is 9.25. The Kier molecular flexibility index (Phi) is 5.22. The number of benzene rings is 2. The highest BCUT2D eigenvalue weighted by Gasteiger charge is 2.14. The Morgan fingerprint density at radius 2 is 1.86 bits per heavy atom. The summed E-state index contributed by atoms with van der Waals surface area (Å²) in [6, 6.07) is 12.1. The molecule has 0 radical (unpaired) electrons. The van der Waals surface area contributed by atoms with Crippen molar-refractivity contribution in [3.63, 3.8) is 0 Å². The molecule has 1 N–H and O–H groups in total. The van der Waals surface area contributed by atoms with E-state index in [0.29, 0.717) is 22.6 Å². The van der Waals surface area contributed by atoms with Crippen LogP contribution in [0.3, 0.4) is 0 Å². The summed E-state index contributed by atoms with van der Waals surface area (Å²) in [5.41, 5.74) is 0.0923. The fourth-order valence-corrected chi connectivity index (χ4v) is 2.10. The number of carboxylic acids is 1. The predicted molar refractivity (Wildman–Crippen MR) is 83.4 cm³/mol. The molecule has 0 aliphatic heterocycles. The van der Waals surface area contributed by atoms with Crippen LogP contribution in [0.1, 0.15) is 23.7 Å². The van der Waals surface area contributed by atoms with Crippen LogP contribution in [-0.4, -0.2) is 17.7 Å². The molecule has 4 nitrogen and oxygen atoms in total. The van der Waals surface area contributed by atoms with Crippen LogP contribution in [0, 0.1) is 0 Å². The zero-order valence-electron chi connectivity index (χ0n) is 11.5. The van der Waals surface area contributed by atoms with Crippen LogP contribution in [0.25, 0.3) is 0 Å². The predicted octanol–water partition coefficient (Wildman–Crippen LogP) is 4.73. The minimum absolute atomic E-state index is 0.0923. The maximum atomic E-state index is 11.3. The van der Waals surface area contributed by atoms with Crippen molar-refractivity contribution in [3.8, 4) is 17.2 Å². The monoisotopic (exact) mass is 350 g/mol. The number of ether oxygens (including phenoxy) is 2. The number of halogens is 1. The van der Waals surface area contributed by atoms with Crippen molar-refractivity contribution in [1.82, 2.24) is 0 Å². The first-order valence-corrected chi connectivity index (χ1v) is 7.33. The van der Waals surface area contributed by atoms with Crippen molar-refractivity contribution in [2.45, 2.75) is 13.3 Å². The van der Waals surface area contributed by atoms with Crippen molar-refractivity contribution in [2.24, 2.45) is 0 Å². The molecule has 0 unspecified atom stereocenters. The van der Waals surface area contributed by atoms with Gasteiger partial charge in [0.15, 0.2) is 11.5 Å². The zero-order chi connectivity index (χ0) is 15.2. The highest BCUT2D eigenvalue weighted by Crippen LogP contribution is 2.34. The van der Waals surface area contributed by atoms with E-state index in [1.807, 2.05) is 19.1 Å². The molecule has 0 amide bonds. The zero-order valence-corrected chi connectivity index (χ0v) is 13.1. The molecule has 0 atom stereocenters. The molecule has 0 aliphatic rings. The number of hydrogen-bond donors (Lipinski definition) is 1. The molecule has 110 valence electrons. The smallest absolute Gasteiger partial charge is 0.339 e. The lowest BCUT2D eigenvalue weighted by molar-refractivity contribution is 0.0694. The Balaban J connectivity index is 2.32. The minimum Gasteiger partial charge on any atom is -0.490 e. The van der Waals surface area contributed by atoms with Crippen molar-refractivity contribution in [3.05, 3.63) is 52.5 Å². The number of carboxylic acid groups (broad SMARTS) is 1. The highest BCUT2D eigenvalue weighted by atomic mass is 79.9.